The Kier molecular flexibility index (Phi) is 4.22. The van der Waals surface area contributed by atoms with Crippen molar-refractivity contribution in [3.8, 4) is 5.75 Å². The first-order valence-corrected chi connectivity index (χ1v) is 6.38. The molecule has 4 nitrogen and oxygen atoms in total. The SMILES string of the molecule is Cc1cc(=O)oc2cc(OCCCN(C)C)ccc12. The van der Waals surface area contributed by atoms with E-state index < -0.39 is 0 Å². The van der Waals surface area contributed by atoms with E-state index in [9.17, 15) is 4.79 Å². The standard InChI is InChI=1S/C15H19NO3/c1-11-9-15(17)19-14-10-12(5-6-13(11)14)18-8-4-7-16(2)3/h5-6,9-10H,4,7-8H2,1-3H3. The highest BCUT2D eigenvalue weighted by molar-refractivity contribution is 5.81. The molecule has 0 spiro atoms. The van der Waals surface area contributed by atoms with Gasteiger partial charge < -0.3 is 14.1 Å². The molecule has 0 aliphatic carbocycles. The minimum absolute atomic E-state index is 0.324. The monoisotopic (exact) mass is 261 g/mol. The van der Waals surface area contributed by atoms with Gasteiger partial charge in [-0.15, -0.1) is 0 Å². The average molecular weight is 261 g/mol. The van der Waals surface area contributed by atoms with Gasteiger partial charge in [-0.2, -0.15) is 0 Å². The van der Waals surface area contributed by atoms with Crippen LogP contribution in [0.4, 0.5) is 0 Å². The van der Waals surface area contributed by atoms with Crippen molar-refractivity contribution >= 4 is 11.0 Å². The summed E-state index contributed by atoms with van der Waals surface area (Å²) in [6, 6.07) is 7.11. The summed E-state index contributed by atoms with van der Waals surface area (Å²) in [6.45, 7) is 3.54. The molecule has 19 heavy (non-hydrogen) atoms. The number of ether oxygens (including phenoxy) is 1. The highest BCUT2D eigenvalue weighted by Gasteiger charge is 2.04. The molecule has 0 saturated carbocycles. The quantitative estimate of drug-likeness (QED) is 0.612. The number of rotatable bonds is 5. The molecule has 0 saturated heterocycles. The number of benzene rings is 1. The van der Waals surface area contributed by atoms with E-state index in [2.05, 4.69) is 4.90 Å². The second kappa shape index (κ2) is 5.89. The highest BCUT2D eigenvalue weighted by Crippen LogP contribution is 2.22. The number of hydrogen-bond donors (Lipinski definition) is 0. The Morgan fingerprint density at radius 3 is 2.79 bits per heavy atom. The van der Waals surface area contributed by atoms with Crippen molar-refractivity contribution in [3.63, 3.8) is 0 Å². The van der Waals surface area contributed by atoms with Gasteiger partial charge in [-0.3, -0.25) is 0 Å². The molecule has 0 aliphatic heterocycles. The molecular weight excluding hydrogens is 242 g/mol. The van der Waals surface area contributed by atoms with Gasteiger partial charge in [0.2, 0.25) is 0 Å². The van der Waals surface area contributed by atoms with Crippen molar-refractivity contribution in [2.24, 2.45) is 0 Å². The zero-order valence-electron chi connectivity index (χ0n) is 11.6. The van der Waals surface area contributed by atoms with E-state index in [0.29, 0.717) is 12.2 Å². The van der Waals surface area contributed by atoms with Crippen LogP contribution in [0.3, 0.4) is 0 Å². The maximum Gasteiger partial charge on any atom is 0.336 e. The largest absolute Gasteiger partial charge is 0.493 e. The van der Waals surface area contributed by atoms with Crippen molar-refractivity contribution < 1.29 is 9.15 Å². The van der Waals surface area contributed by atoms with Gasteiger partial charge >= 0.3 is 5.63 Å². The summed E-state index contributed by atoms with van der Waals surface area (Å²) in [6.07, 6.45) is 0.961. The molecule has 2 rings (SSSR count). The smallest absolute Gasteiger partial charge is 0.336 e. The summed E-state index contributed by atoms with van der Waals surface area (Å²) in [5.74, 6) is 0.736. The fourth-order valence-electron chi connectivity index (χ4n) is 1.97. The van der Waals surface area contributed by atoms with E-state index in [-0.39, 0.29) is 5.63 Å². The molecular formula is C15H19NO3. The van der Waals surface area contributed by atoms with Gasteiger partial charge in [0.15, 0.2) is 0 Å². The van der Waals surface area contributed by atoms with Crippen LogP contribution in [0.1, 0.15) is 12.0 Å². The Balaban J connectivity index is 2.11. The second-order valence-corrected chi connectivity index (χ2v) is 4.91. The highest BCUT2D eigenvalue weighted by atomic mass is 16.5. The molecule has 0 atom stereocenters. The zero-order valence-corrected chi connectivity index (χ0v) is 11.6. The molecule has 0 bridgehead atoms. The summed E-state index contributed by atoms with van der Waals surface area (Å²) in [5, 5.41) is 0.945. The molecule has 0 radical (unpaired) electrons. The summed E-state index contributed by atoms with van der Waals surface area (Å²) >= 11 is 0. The Hall–Kier alpha value is -1.81. The summed E-state index contributed by atoms with van der Waals surface area (Å²) < 4.78 is 10.8. The predicted octanol–water partition coefficient (Wildman–Crippen LogP) is 2.43. The molecule has 1 aromatic carbocycles. The van der Waals surface area contributed by atoms with Crippen LogP contribution in [0.15, 0.2) is 33.5 Å². The van der Waals surface area contributed by atoms with Crippen molar-refractivity contribution in [2.45, 2.75) is 13.3 Å². The Morgan fingerprint density at radius 2 is 2.05 bits per heavy atom. The van der Waals surface area contributed by atoms with Gasteiger partial charge in [-0.25, -0.2) is 4.79 Å². The van der Waals surface area contributed by atoms with Crippen LogP contribution < -0.4 is 10.4 Å². The summed E-state index contributed by atoms with van der Waals surface area (Å²) in [5.41, 5.74) is 1.18. The van der Waals surface area contributed by atoms with Crippen LogP contribution in [0.25, 0.3) is 11.0 Å². The summed E-state index contributed by atoms with van der Waals surface area (Å²) in [4.78, 5) is 13.5. The molecule has 0 unspecified atom stereocenters. The molecule has 0 fully saturated rings. The number of nitrogens with zero attached hydrogens (tertiary/aromatic N) is 1. The van der Waals surface area contributed by atoms with Gasteiger partial charge in [0, 0.05) is 24.1 Å². The van der Waals surface area contributed by atoms with Crippen LogP contribution in [0, 0.1) is 6.92 Å². The third-order valence-electron chi connectivity index (χ3n) is 2.94. The number of hydrogen-bond acceptors (Lipinski definition) is 4. The van der Waals surface area contributed by atoms with Crippen LogP contribution in [-0.4, -0.2) is 32.1 Å². The number of aryl methyl sites for hydroxylation is 1. The minimum atomic E-state index is -0.324. The fraction of sp³-hybridized carbons (Fsp3) is 0.400. The third kappa shape index (κ3) is 3.58. The predicted molar refractivity (Wildman–Crippen MR) is 75.9 cm³/mol. The van der Waals surface area contributed by atoms with Gasteiger partial charge in [-0.05, 0) is 45.1 Å². The molecule has 4 heteroatoms. The molecule has 0 N–H and O–H groups in total. The van der Waals surface area contributed by atoms with Crippen LogP contribution in [0.2, 0.25) is 0 Å². The lowest BCUT2D eigenvalue weighted by atomic mass is 10.1. The Morgan fingerprint density at radius 1 is 1.26 bits per heavy atom. The van der Waals surface area contributed by atoms with E-state index in [0.717, 1.165) is 29.7 Å². The van der Waals surface area contributed by atoms with E-state index in [1.54, 1.807) is 6.07 Å². The molecule has 0 amide bonds. The molecule has 2 aromatic rings. The molecule has 102 valence electrons. The first-order chi connectivity index (χ1) is 9.06. The Labute approximate surface area is 112 Å². The molecule has 1 aromatic heterocycles. The van der Waals surface area contributed by atoms with Crippen molar-refractivity contribution in [2.75, 3.05) is 27.2 Å². The van der Waals surface area contributed by atoms with Crippen LogP contribution in [-0.2, 0) is 0 Å². The lowest BCUT2D eigenvalue weighted by molar-refractivity contribution is 0.281. The molecule has 1 heterocycles. The van der Waals surface area contributed by atoms with Crippen molar-refractivity contribution in [1.29, 1.82) is 0 Å². The fourth-order valence-corrected chi connectivity index (χ4v) is 1.97. The Bertz CT molecular complexity index is 616. The lowest BCUT2D eigenvalue weighted by Gasteiger charge is -2.10. The maximum atomic E-state index is 11.3. The van der Waals surface area contributed by atoms with E-state index in [4.69, 9.17) is 9.15 Å². The minimum Gasteiger partial charge on any atom is -0.493 e. The van der Waals surface area contributed by atoms with E-state index in [1.807, 2.05) is 33.2 Å². The lowest BCUT2D eigenvalue weighted by Crippen LogP contribution is -2.15. The third-order valence-corrected chi connectivity index (χ3v) is 2.94. The van der Waals surface area contributed by atoms with Crippen LogP contribution in [0.5, 0.6) is 5.75 Å². The average Bonchev–Trinajstić information content (AvgIpc) is 2.33. The second-order valence-electron chi connectivity index (χ2n) is 4.91. The zero-order chi connectivity index (χ0) is 13.8. The van der Waals surface area contributed by atoms with Gasteiger partial charge in [0.25, 0.3) is 0 Å². The van der Waals surface area contributed by atoms with Crippen LogP contribution >= 0.6 is 0 Å². The normalized spacial score (nSPS) is 11.2. The number of fused-ring (bicyclic) bond motifs is 1. The first kappa shape index (κ1) is 13.6. The van der Waals surface area contributed by atoms with Gasteiger partial charge in [-0.1, -0.05) is 0 Å². The van der Waals surface area contributed by atoms with Crippen molar-refractivity contribution in [3.05, 3.63) is 40.2 Å². The topological polar surface area (TPSA) is 42.7 Å². The van der Waals surface area contributed by atoms with E-state index in [1.165, 1.54) is 6.07 Å². The van der Waals surface area contributed by atoms with E-state index >= 15 is 0 Å². The van der Waals surface area contributed by atoms with Crippen molar-refractivity contribution in [1.82, 2.24) is 4.90 Å². The molecule has 0 aliphatic rings. The maximum absolute atomic E-state index is 11.3. The van der Waals surface area contributed by atoms with Gasteiger partial charge in [0.1, 0.15) is 11.3 Å². The van der Waals surface area contributed by atoms with Gasteiger partial charge in [0.05, 0.1) is 6.61 Å². The first-order valence-electron chi connectivity index (χ1n) is 6.38. The summed E-state index contributed by atoms with van der Waals surface area (Å²) in [7, 11) is 4.07.